The summed E-state index contributed by atoms with van der Waals surface area (Å²) in [6.07, 6.45) is 2.37. The van der Waals surface area contributed by atoms with Gasteiger partial charge >= 0.3 is 0 Å². The standard InChI is InChI=1S/C17H26N2O2/c20-17(13-18-8-10-21-11-9-18)14-19(12-15-6-7-15)16-4-2-1-3-5-16/h1-5,15,17,20H,6-14H2. The van der Waals surface area contributed by atoms with Crippen LogP contribution >= 0.6 is 0 Å². The predicted molar refractivity (Wildman–Crippen MR) is 84.6 cm³/mol. The molecule has 0 bridgehead atoms. The molecule has 0 amide bonds. The number of benzene rings is 1. The minimum absolute atomic E-state index is 0.304. The maximum atomic E-state index is 10.4. The third-order valence-electron chi connectivity index (χ3n) is 4.30. The van der Waals surface area contributed by atoms with Crippen molar-refractivity contribution in [2.75, 3.05) is 50.8 Å². The number of aliphatic hydroxyl groups is 1. The molecule has 1 aromatic rings. The van der Waals surface area contributed by atoms with E-state index >= 15 is 0 Å². The SMILES string of the molecule is OC(CN1CCOCC1)CN(CC1CC1)c1ccccc1. The van der Waals surface area contributed by atoms with Gasteiger partial charge in [0.1, 0.15) is 0 Å². The van der Waals surface area contributed by atoms with E-state index in [9.17, 15) is 5.11 Å². The molecule has 0 spiro atoms. The first-order chi connectivity index (χ1) is 10.3. The third kappa shape index (κ3) is 4.70. The molecule has 1 atom stereocenters. The summed E-state index contributed by atoms with van der Waals surface area (Å²) in [5.41, 5.74) is 1.23. The first-order valence-corrected chi connectivity index (χ1v) is 8.09. The number of nitrogens with zero attached hydrogens (tertiary/aromatic N) is 2. The molecule has 1 aromatic carbocycles. The maximum absolute atomic E-state index is 10.4. The summed E-state index contributed by atoms with van der Waals surface area (Å²) < 4.78 is 5.36. The lowest BCUT2D eigenvalue weighted by atomic mass is 10.2. The second-order valence-corrected chi connectivity index (χ2v) is 6.25. The highest BCUT2D eigenvalue weighted by molar-refractivity contribution is 5.46. The summed E-state index contributed by atoms with van der Waals surface area (Å²) in [6, 6.07) is 10.5. The van der Waals surface area contributed by atoms with Crippen LogP contribution in [0.25, 0.3) is 0 Å². The van der Waals surface area contributed by atoms with Crippen LogP contribution in [0.4, 0.5) is 5.69 Å². The molecule has 1 unspecified atom stereocenters. The van der Waals surface area contributed by atoms with E-state index in [1.54, 1.807) is 0 Å². The molecule has 1 aliphatic heterocycles. The van der Waals surface area contributed by atoms with Gasteiger partial charge in [0.15, 0.2) is 0 Å². The molecule has 0 aromatic heterocycles. The Morgan fingerprint density at radius 3 is 2.57 bits per heavy atom. The Labute approximate surface area is 127 Å². The van der Waals surface area contributed by atoms with Gasteiger partial charge in [-0.2, -0.15) is 0 Å². The molecular formula is C17H26N2O2. The molecule has 2 aliphatic rings. The molecule has 1 aliphatic carbocycles. The van der Waals surface area contributed by atoms with Crippen LogP contribution in [0, 0.1) is 5.92 Å². The number of hydrogen-bond donors (Lipinski definition) is 1. The Balaban J connectivity index is 1.55. The molecule has 3 rings (SSSR count). The summed E-state index contributed by atoms with van der Waals surface area (Å²) in [6.45, 7) is 5.99. The fourth-order valence-electron chi connectivity index (χ4n) is 2.93. The average molecular weight is 290 g/mol. The monoisotopic (exact) mass is 290 g/mol. The highest BCUT2D eigenvalue weighted by atomic mass is 16.5. The van der Waals surface area contributed by atoms with Gasteiger partial charge in [0.2, 0.25) is 0 Å². The maximum Gasteiger partial charge on any atom is 0.0841 e. The lowest BCUT2D eigenvalue weighted by molar-refractivity contribution is 0.0161. The predicted octanol–water partition coefficient (Wildman–Crippen LogP) is 1.60. The number of aliphatic hydroxyl groups excluding tert-OH is 1. The Kier molecular flexibility index (Phi) is 5.12. The average Bonchev–Trinajstić information content (AvgIpc) is 3.32. The van der Waals surface area contributed by atoms with Crippen molar-refractivity contribution < 1.29 is 9.84 Å². The van der Waals surface area contributed by atoms with Gasteiger partial charge in [0.25, 0.3) is 0 Å². The number of hydrogen-bond acceptors (Lipinski definition) is 4. The van der Waals surface area contributed by atoms with Gasteiger partial charge in [-0.3, -0.25) is 4.90 Å². The molecule has 21 heavy (non-hydrogen) atoms. The molecule has 116 valence electrons. The molecule has 1 heterocycles. The number of ether oxygens (including phenoxy) is 1. The van der Waals surface area contributed by atoms with E-state index in [1.807, 2.05) is 6.07 Å². The van der Waals surface area contributed by atoms with E-state index in [1.165, 1.54) is 18.5 Å². The zero-order valence-electron chi connectivity index (χ0n) is 12.7. The lowest BCUT2D eigenvalue weighted by Crippen LogP contribution is -2.45. The molecular weight excluding hydrogens is 264 g/mol. The van der Waals surface area contributed by atoms with E-state index in [-0.39, 0.29) is 6.10 Å². The molecule has 1 saturated carbocycles. The van der Waals surface area contributed by atoms with E-state index in [2.05, 4.69) is 34.1 Å². The zero-order chi connectivity index (χ0) is 14.5. The molecule has 4 nitrogen and oxygen atoms in total. The van der Waals surface area contributed by atoms with Crippen LogP contribution in [-0.2, 0) is 4.74 Å². The van der Waals surface area contributed by atoms with Crippen molar-refractivity contribution in [2.45, 2.75) is 18.9 Å². The van der Waals surface area contributed by atoms with Crippen molar-refractivity contribution in [3.8, 4) is 0 Å². The second kappa shape index (κ2) is 7.25. The summed E-state index contributed by atoms with van der Waals surface area (Å²) in [4.78, 5) is 4.65. The number of anilines is 1. The fourth-order valence-corrected chi connectivity index (χ4v) is 2.93. The number of rotatable bonds is 7. The van der Waals surface area contributed by atoms with Crippen LogP contribution in [0.15, 0.2) is 30.3 Å². The Morgan fingerprint density at radius 2 is 1.90 bits per heavy atom. The van der Waals surface area contributed by atoms with E-state index < -0.39 is 0 Å². The smallest absolute Gasteiger partial charge is 0.0841 e. The first kappa shape index (κ1) is 14.8. The van der Waals surface area contributed by atoms with Gasteiger partial charge in [-0.1, -0.05) is 18.2 Å². The van der Waals surface area contributed by atoms with Gasteiger partial charge in [-0.25, -0.2) is 0 Å². The fraction of sp³-hybridized carbons (Fsp3) is 0.647. The summed E-state index contributed by atoms with van der Waals surface area (Å²) >= 11 is 0. The van der Waals surface area contributed by atoms with E-state index in [0.717, 1.165) is 51.9 Å². The minimum atomic E-state index is -0.304. The van der Waals surface area contributed by atoms with Crippen molar-refractivity contribution in [1.82, 2.24) is 4.90 Å². The van der Waals surface area contributed by atoms with Crippen LogP contribution < -0.4 is 4.90 Å². The van der Waals surface area contributed by atoms with Gasteiger partial charge in [0, 0.05) is 38.4 Å². The van der Waals surface area contributed by atoms with E-state index in [4.69, 9.17) is 4.74 Å². The largest absolute Gasteiger partial charge is 0.390 e. The van der Waals surface area contributed by atoms with Crippen LogP contribution in [0.3, 0.4) is 0 Å². The van der Waals surface area contributed by atoms with Crippen LogP contribution in [0.1, 0.15) is 12.8 Å². The van der Waals surface area contributed by atoms with Crippen LogP contribution in [0.2, 0.25) is 0 Å². The molecule has 1 N–H and O–H groups in total. The molecule has 0 radical (unpaired) electrons. The van der Waals surface area contributed by atoms with Crippen molar-refractivity contribution in [1.29, 1.82) is 0 Å². The van der Waals surface area contributed by atoms with Crippen molar-refractivity contribution in [2.24, 2.45) is 5.92 Å². The summed E-state index contributed by atoms with van der Waals surface area (Å²) in [5, 5.41) is 10.4. The topological polar surface area (TPSA) is 35.9 Å². The number of β-amino-alcohol motifs (C(OH)–C–C–N with tert-alkyl or cyclic N) is 1. The van der Waals surface area contributed by atoms with Crippen molar-refractivity contribution >= 4 is 5.69 Å². The van der Waals surface area contributed by atoms with Gasteiger partial charge in [-0.15, -0.1) is 0 Å². The summed E-state index contributed by atoms with van der Waals surface area (Å²) in [7, 11) is 0. The highest BCUT2D eigenvalue weighted by Crippen LogP contribution is 2.31. The second-order valence-electron chi connectivity index (χ2n) is 6.25. The quantitative estimate of drug-likeness (QED) is 0.827. The van der Waals surface area contributed by atoms with Gasteiger partial charge < -0.3 is 14.7 Å². The Hall–Kier alpha value is -1.10. The Morgan fingerprint density at radius 1 is 1.19 bits per heavy atom. The zero-order valence-corrected chi connectivity index (χ0v) is 12.7. The van der Waals surface area contributed by atoms with Crippen LogP contribution in [0.5, 0.6) is 0 Å². The molecule has 4 heteroatoms. The number of morpholine rings is 1. The first-order valence-electron chi connectivity index (χ1n) is 8.09. The highest BCUT2D eigenvalue weighted by Gasteiger charge is 2.26. The lowest BCUT2D eigenvalue weighted by Gasteiger charge is -2.32. The van der Waals surface area contributed by atoms with Crippen LogP contribution in [-0.4, -0.2) is 62.0 Å². The van der Waals surface area contributed by atoms with E-state index in [0.29, 0.717) is 0 Å². The van der Waals surface area contributed by atoms with Gasteiger partial charge in [0.05, 0.1) is 19.3 Å². The number of para-hydroxylation sites is 1. The molecule has 2 fully saturated rings. The normalized spacial score (nSPS) is 21.2. The third-order valence-corrected chi connectivity index (χ3v) is 4.30. The summed E-state index contributed by atoms with van der Waals surface area (Å²) in [5.74, 6) is 0.820. The van der Waals surface area contributed by atoms with Crippen molar-refractivity contribution in [3.05, 3.63) is 30.3 Å². The van der Waals surface area contributed by atoms with Crippen molar-refractivity contribution in [3.63, 3.8) is 0 Å². The molecule has 1 saturated heterocycles. The van der Waals surface area contributed by atoms with Gasteiger partial charge in [-0.05, 0) is 30.9 Å². The minimum Gasteiger partial charge on any atom is -0.390 e. The Bertz CT molecular complexity index is 416.